The highest BCUT2D eigenvalue weighted by Crippen LogP contribution is 2.28. The molecular weight excluding hydrogens is 430 g/mol. The second kappa shape index (κ2) is 10.9. The second-order valence-corrected chi connectivity index (χ2v) is 7.60. The Hall–Kier alpha value is -1.73. The molecule has 2 saturated heterocycles. The van der Waals surface area contributed by atoms with Gasteiger partial charge in [0.15, 0.2) is 18.7 Å². The Morgan fingerprint density at radius 1 is 0.812 bits per heavy atom. The van der Waals surface area contributed by atoms with E-state index in [-0.39, 0.29) is 0 Å². The molecule has 1 unspecified atom stereocenters. The van der Waals surface area contributed by atoms with Gasteiger partial charge in [0.05, 0.1) is 19.3 Å². The third kappa shape index (κ3) is 5.25. The molecule has 2 aliphatic rings. The lowest BCUT2D eigenvalue weighted by Gasteiger charge is -2.43. The molecule has 2 heterocycles. The van der Waals surface area contributed by atoms with E-state index >= 15 is 0 Å². The van der Waals surface area contributed by atoms with Crippen molar-refractivity contribution in [2.45, 2.75) is 67.5 Å². The lowest BCUT2D eigenvalue weighted by Crippen LogP contribution is -2.61. The fourth-order valence-electron chi connectivity index (χ4n) is 3.51. The van der Waals surface area contributed by atoms with Crippen LogP contribution in [0.4, 0.5) is 0 Å². The molecular formula is C20H27NO11. The van der Waals surface area contributed by atoms with Gasteiger partial charge in [0, 0.05) is 0 Å². The molecule has 0 saturated carbocycles. The van der Waals surface area contributed by atoms with Gasteiger partial charge in [-0.3, -0.25) is 0 Å². The summed E-state index contributed by atoms with van der Waals surface area (Å²) >= 11 is 0. The predicted molar refractivity (Wildman–Crippen MR) is 102 cm³/mol. The van der Waals surface area contributed by atoms with Crippen LogP contribution in [-0.4, -0.2) is 110 Å². The third-order valence-corrected chi connectivity index (χ3v) is 5.43. The maximum Gasteiger partial charge on any atom is 0.188 e. The van der Waals surface area contributed by atoms with E-state index < -0.39 is 80.7 Å². The summed E-state index contributed by atoms with van der Waals surface area (Å²) in [6.07, 6.45) is -16.5. The van der Waals surface area contributed by atoms with Crippen LogP contribution in [0.2, 0.25) is 0 Å². The van der Waals surface area contributed by atoms with Gasteiger partial charge >= 0.3 is 0 Å². The van der Waals surface area contributed by atoms with Gasteiger partial charge in [0.25, 0.3) is 0 Å². The first-order valence-corrected chi connectivity index (χ1v) is 10.00. The molecule has 1 aromatic rings. The van der Waals surface area contributed by atoms with Crippen LogP contribution < -0.4 is 0 Å². The van der Waals surface area contributed by atoms with Crippen molar-refractivity contribution >= 4 is 0 Å². The van der Waals surface area contributed by atoms with Gasteiger partial charge in [-0.15, -0.1) is 0 Å². The number of benzene rings is 1. The first-order valence-electron chi connectivity index (χ1n) is 10.00. The molecule has 2 aliphatic heterocycles. The van der Waals surface area contributed by atoms with E-state index in [1.54, 1.807) is 30.3 Å². The van der Waals surface area contributed by atoms with Crippen molar-refractivity contribution in [2.75, 3.05) is 13.2 Å². The maximum atomic E-state index is 10.3. The maximum absolute atomic E-state index is 10.3. The van der Waals surface area contributed by atoms with Crippen LogP contribution in [-0.2, 0) is 18.9 Å². The number of hydrogen-bond donors (Lipinski definition) is 7. The normalized spacial score (nSPS) is 41.1. The molecule has 0 radical (unpaired) electrons. The number of aliphatic hydroxyl groups excluding tert-OH is 7. The lowest BCUT2D eigenvalue weighted by molar-refractivity contribution is -0.334. The number of nitriles is 1. The van der Waals surface area contributed by atoms with Gasteiger partial charge in [-0.2, -0.15) is 5.26 Å². The standard InChI is InChI=1S/C20H27NO11/c21-6-10(9-4-2-1-3-5-9)30-20-18(28)16(26)14(24)12(32-20)8-29-19-17(27)15(25)13(23)11(7-22)31-19/h1-5,10-20,22-28H,7-8H2/t10-,11+,12+,13+,14+,15-,16-,17+,18+,19+,20?/m0/s1. The molecule has 1 aromatic carbocycles. The van der Waals surface area contributed by atoms with Crippen molar-refractivity contribution in [2.24, 2.45) is 0 Å². The molecule has 0 aromatic heterocycles. The van der Waals surface area contributed by atoms with E-state index in [1.165, 1.54) is 0 Å². The van der Waals surface area contributed by atoms with Crippen LogP contribution in [0.3, 0.4) is 0 Å². The smallest absolute Gasteiger partial charge is 0.188 e. The van der Waals surface area contributed by atoms with Crippen molar-refractivity contribution in [1.29, 1.82) is 5.26 Å². The summed E-state index contributed by atoms with van der Waals surface area (Å²) in [5.74, 6) is 0. The van der Waals surface area contributed by atoms with Gasteiger partial charge in [0.1, 0.15) is 48.8 Å². The average molecular weight is 457 g/mol. The van der Waals surface area contributed by atoms with Gasteiger partial charge in [-0.05, 0) is 5.56 Å². The molecule has 178 valence electrons. The monoisotopic (exact) mass is 457 g/mol. The van der Waals surface area contributed by atoms with E-state index in [4.69, 9.17) is 18.9 Å². The first-order chi connectivity index (χ1) is 15.3. The van der Waals surface area contributed by atoms with Gasteiger partial charge in [0.2, 0.25) is 0 Å². The fraction of sp³-hybridized carbons (Fsp3) is 0.650. The van der Waals surface area contributed by atoms with E-state index in [0.717, 1.165) is 0 Å². The van der Waals surface area contributed by atoms with Crippen LogP contribution in [0.1, 0.15) is 11.7 Å². The third-order valence-electron chi connectivity index (χ3n) is 5.43. The molecule has 7 N–H and O–H groups in total. The summed E-state index contributed by atoms with van der Waals surface area (Å²) in [5.41, 5.74) is 0.487. The SMILES string of the molecule is N#C[C@H](OC1O[C@H](CO[C@@H]2O[C@H](CO)[C@@H](O)[C@H](O)[C@H]2O)[C@@H](O)[C@H](O)[C@H]1O)c1ccccc1. The zero-order chi connectivity index (χ0) is 23.4. The molecule has 0 spiro atoms. The van der Waals surface area contributed by atoms with E-state index in [0.29, 0.717) is 5.56 Å². The van der Waals surface area contributed by atoms with E-state index in [9.17, 15) is 41.0 Å². The molecule has 32 heavy (non-hydrogen) atoms. The molecule has 0 bridgehead atoms. The minimum absolute atomic E-state index is 0.487. The summed E-state index contributed by atoms with van der Waals surface area (Å²) in [6.45, 7) is -1.14. The Bertz CT molecular complexity index is 760. The number of hydrogen-bond acceptors (Lipinski definition) is 12. The van der Waals surface area contributed by atoms with Crippen molar-refractivity contribution < 1.29 is 54.7 Å². The average Bonchev–Trinajstić information content (AvgIpc) is 2.81. The number of ether oxygens (including phenoxy) is 4. The summed E-state index contributed by atoms with van der Waals surface area (Å²) in [4.78, 5) is 0. The Morgan fingerprint density at radius 2 is 1.38 bits per heavy atom. The zero-order valence-electron chi connectivity index (χ0n) is 16.9. The highest BCUT2D eigenvalue weighted by atomic mass is 16.7. The quantitative estimate of drug-likeness (QED) is 0.218. The van der Waals surface area contributed by atoms with Crippen LogP contribution in [0.25, 0.3) is 0 Å². The lowest BCUT2D eigenvalue weighted by atomic mass is 9.98. The second-order valence-electron chi connectivity index (χ2n) is 7.60. The predicted octanol–water partition coefficient (Wildman–Crippen LogP) is -3.11. The largest absolute Gasteiger partial charge is 0.394 e. The number of aliphatic hydroxyl groups is 7. The highest BCUT2D eigenvalue weighted by Gasteiger charge is 2.48. The van der Waals surface area contributed by atoms with Crippen molar-refractivity contribution in [3.63, 3.8) is 0 Å². The minimum Gasteiger partial charge on any atom is -0.394 e. The molecule has 11 atom stereocenters. The van der Waals surface area contributed by atoms with E-state index in [2.05, 4.69) is 0 Å². The van der Waals surface area contributed by atoms with Gasteiger partial charge in [-0.25, -0.2) is 0 Å². The molecule has 12 nitrogen and oxygen atoms in total. The minimum atomic E-state index is -1.70. The highest BCUT2D eigenvalue weighted by molar-refractivity contribution is 5.22. The summed E-state index contributed by atoms with van der Waals surface area (Å²) in [6, 6.07) is 10.3. The first kappa shape index (κ1) is 24.9. The number of nitrogens with zero attached hydrogens (tertiary/aromatic N) is 1. The van der Waals surface area contributed by atoms with Crippen molar-refractivity contribution in [1.82, 2.24) is 0 Å². The van der Waals surface area contributed by atoms with Crippen LogP contribution in [0.15, 0.2) is 30.3 Å². The summed E-state index contributed by atoms with van der Waals surface area (Å²) < 4.78 is 21.6. The number of rotatable bonds is 7. The molecule has 0 amide bonds. The summed E-state index contributed by atoms with van der Waals surface area (Å²) in [7, 11) is 0. The van der Waals surface area contributed by atoms with Crippen molar-refractivity contribution in [3.8, 4) is 6.07 Å². The fourth-order valence-corrected chi connectivity index (χ4v) is 3.51. The van der Waals surface area contributed by atoms with Crippen LogP contribution >= 0.6 is 0 Å². The van der Waals surface area contributed by atoms with Crippen molar-refractivity contribution in [3.05, 3.63) is 35.9 Å². The molecule has 3 rings (SSSR count). The Balaban J connectivity index is 1.65. The zero-order valence-corrected chi connectivity index (χ0v) is 16.9. The Morgan fingerprint density at radius 3 is 1.97 bits per heavy atom. The van der Waals surface area contributed by atoms with Gasteiger partial charge in [-0.1, -0.05) is 30.3 Å². The molecule has 0 aliphatic carbocycles. The Kier molecular flexibility index (Phi) is 8.50. The van der Waals surface area contributed by atoms with Crippen LogP contribution in [0, 0.1) is 11.3 Å². The van der Waals surface area contributed by atoms with Gasteiger partial charge < -0.3 is 54.7 Å². The molecule has 2 fully saturated rings. The van der Waals surface area contributed by atoms with E-state index in [1.807, 2.05) is 6.07 Å². The molecule has 12 heteroatoms. The summed E-state index contributed by atoms with van der Waals surface area (Å²) in [5, 5.41) is 79.1. The Labute approximate surface area is 183 Å². The topological polar surface area (TPSA) is 202 Å². The van der Waals surface area contributed by atoms with Crippen LogP contribution in [0.5, 0.6) is 0 Å².